The van der Waals surface area contributed by atoms with Gasteiger partial charge in [-0.1, -0.05) is 45.0 Å². The SMILES string of the molecule is CC(C)(C)c1ccc(NC(=O)NCc2ccc(S(N)(=O)=O)cc2)cc1. The first-order chi connectivity index (χ1) is 11.6. The summed E-state index contributed by atoms with van der Waals surface area (Å²) < 4.78 is 22.4. The van der Waals surface area contributed by atoms with E-state index < -0.39 is 10.0 Å². The van der Waals surface area contributed by atoms with Gasteiger partial charge in [-0.3, -0.25) is 0 Å². The van der Waals surface area contributed by atoms with Crippen LogP contribution in [0.25, 0.3) is 0 Å². The van der Waals surface area contributed by atoms with Crippen LogP contribution in [0.4, 0.5) is 10.5 Å². The van der Waals surface area contributed by atoms with E-state index in [9.17, 15) is 13.2 Å². The van der Waals surface area contributed by atoms with Gasteiger partial charge in [-0.2, -0.15) is 0 Å². The van der Waals surface area contributed by atoms with E-state index in [1.165, 1.54) is 17.7 Å². The van der Waals surface area contributed by atoms with Crippen molar-refractivity contribution < 1.29 is 13.2 Å². The molecule has 0 saturated carbocycles. The average Bonchev–Trinajstić information content (AvgIpc) is 2.52. The fourth-order valence-corrected chi connectivity index (χ4v) is 2.72. The van der Waals surface area contributed by atoms with E-state index >= 15 is 0 Å². The first kappa shape index (κ1) is 19.0. The fourth-order valence-electron chi connectivity index (χ4n) is 2.21. The molecule has 0 atom stereocenters. The summed E-state index contributed by atoms with van der Waals surface area (Å²) in [5.41, 5.74) is 2.72. The van der Waals surface area contributed by atoms with E-state index in [1.54, 1.807) is 12.1 Å². The van der Waals surface area contributed by atoms with Crippen molar-refractivity contribution in [2.75, 3.05) is 5.32 Å². The number of carbonyl (C=O) groups excluding carboxylic acids is 1. The predicted octanol–water partition coefficient (Wildman–Crippen LogP) is 2.95. The number of hydrogen-bond acceptors (Lipinski definition) is 3. The van der Waals surface area contributed by atoms with Crippen LogP contribution >= 0.6 is 0 Å². The fraction of sp³-hybridized carbons (Fsp3) is 0.278. The third-order valence-electron chi connectivity index (χ3n) is 3.71. The molecule has 0 aromatic heterocycles. The Labute approximate surface area is 148 Å². The molecule has 0 heterocycles. The molecule has 0 unspecified atom stereocenters. The molecule has 25 heavy (non-hydrogen) atoms. The molecule has 0 aliphatic carbocycles. The minimum Gasteiger partial charge on any atom is -0.334 e. The van der Waals surface area contributed by atoms with Gasteiger partial charge in [0.1, 0.15) is 0 Å². The lowest BCUT2D eigenvalue weighted by atomic mass is 9.87. The van der Waals surface area contributed by atoms with Crippen LogP contribution in [0, 0.1) is 0 Å². The molecule has 0 fully saturated rings. The lowest BCUT2D eigenvalue weighted by molar-refractivity contribution is 0.251. The standard InChI is InChI=1S/C18H23N3O3S/c1-18(2,3)14-6-8-15(9-7-14)21-17(22)20-12-13-4-10-16(11-5-13)25(19,23)24/h4-11H,12H2,1-3H3,(H2,19,23,24)(H2,20,21,22). The molecule has 0 radical (unpaired) electrons. The zero-order valence-electron chi connectivity index (χ0n) is 14.5. The van der Waals surface area contributed by atoms with E-state index in [4.69, 9.17) is 5.14 Å². The van der Waals surface area contributed by atoms with Gasteiger partial charge in [0.25, 0.3) is 0 Å². The van der Waals surface area contributed by atoms with Crippen molar-refractivity contribution in [1.29, 1.82) is 0 Å². The molecular formula is C18H23N3O3S. The largest absolute Gasteiger partial charge is 0.334 e. The second-order valence-corrected chi connectivity index (χ2v) is 8.39. The van der Waals surface area contributed by atoms with Crippen molar-refractivity contribution in [2.45, 2.75) is 37.6 Å². The normalized spacial score (nSPS) is 11.8. The van der Waals surface area contributed by atoms with Gasteiger partial charge < -0.3 is 10.6 Å². The van der Waals surface area contributed by atoms with Crippen molar-refractivity contribution in [3.63, 3.8) is 0 Å². The van der Waals surface area contributed by atoms with Gasteiger partial charge in [0.2, 0.25) is 10.0 Å². The summed E-state index contributed by atoms with van der Waals surface area (Å²) >= 11 is 0. The Morgan fingerprint density at radius 1 is 1.00 bits per heavy atom. The highest BCUT2D eigenvalue weighted by Gasteiger charge is 2.13. The maximum atomic E-state index is 12.0. The van der Waals surface area contributed by atoms with Gasteiger partial charge in [-0.15, -0.1) is 0 Å². The van der Waals surface area contributed by atoms with Crippen molar-refractivity contribution in [3.05, 3.63) is 59.7 Å². The quantitative estimate of drug-likeness (QED) is 0.780. The number of anilines is 1. The maximum Gasteiger partial charge on any atom is 0.319 e. The summed E-state index contributed by atoms with van der Waals surface area (Å²) in [5.74, 6) is 0. The second-order valence-electron chi connectivity index (χ2n) is 6.82. The number of nitrogens with two attached hydrogens (primary N) is 1. The minimum absolute atomic E-state index is 0.0413. The Bertz CT molecular complexity index is 837. The molecule has 0 saturated heterocycles. The Hall–Kier alpha value is -2.38. The number of hydrogen-bond donors (Lipinski definition) is 3. The van der Waals surface area contributed by atoms with Crippen LogP contribution < -0.4 is 15.8 Å². The van der Waals surface area contributed by atoms with Crippen molar-refractivity contribution >= 4 is 21.7 Å². The molecule has 0 aliphatic heterocycles. The third kappa shape index (κ3) is 5.58. The average molecular weight is 361 g/mol. The Balaban J connectivity index is 1.90. The number of carbonyl (C=O) groups is 1. The van der Waals surface area contributed by atoms with Gasteiger partial charge in [-0.25, -0.2) is 18.4 Å². The molecule has 134 valence electrons. The minimum atomic E-state index is -3.71. The van der Waals surface area contributed by atoms with Gasteiger partial charge in [0, 0.05) is 12.2 Å². The van der Waals surface area contributed by atoms with E-state index in [0.29, 0.717) is 5.69 Å². The monoisotopic (exact) mass is 361 g/mol. The Morgan fingerprint density at radius 3 is 2.04 bits per heavy atom. The summed E-state index contributed by atoms with van der Waals surface area (Å²) in [6, 6.07) is 13.4. The van der Waals surface area contributed by atoms with Crippen molar-refractivity contribution in [1.82, 2.24) is 5.32 Å². The molecule has 6 nitrogen and oxygen atoms in total. The van der Waals surface area contributed by atoms with Gasteiger partial charge in [-0.05, 0) is 40.8 Å². The van der Waals surface area contributed by atoms with Crippen LogP contribution in [0.1, 0.15) is 31.9 Å². The van der Waals surface area contributed by atoms with Crippen molar-refractivity contribution in [3.8, 4) is 0 Å². The molecule has 0 aliphatic rings. The maximum absolute atomic E-state index is 12.0. The molecule has 0 bridgehead atoms. The Morgan fingerprint density at radius 2 is 1.56 bits per heavy atom. The molecular weight excluding hydrogens is 338 g/mol. The molecule has 2 aromatic carbocycles. The van der Waals surface area contributed by atoms with Crippen LogP contribution in [0.2, 0.25) is 0 Å². The lowest BCUT2D eigenvalue weighted by Crippen LogP contribution is -2.28. The Kier molecular flexibility index (Phi) is 5.49. The summed E-state index contributed by atoms with van der Waals surface area (Å²) in [6.45, 7) is 6.66. The molecule has 2 aromatic rings. The van der Waals surface area contributed by atoms with Gasteiger partial charge in [0.15, 0.2) is 0 Å². The lowest BCUT2D eigenvalue weighted by Gasteiger charge is -2.19. The van der Waals surface area contributed by atoms with Gasteiger partial charge >= 0.3 is 6.03 Å². The summed E-state index contributed by atoms with van der Waals surface area (Å²) in [5, 5.41) is 10.5. The van der Waals surface area contributed by atoms with Crippen LogP contribution in [-0.2, 0) is 22.0 Å². The number of sulfonamides is 1. The highest BCUT2D eigenvalue weighted by atomic mass is 32.2. The van der Waals surface area contributed by atoms with Crippen molar-refractivity contribution in [2.24, 2.45) is 5.14 Å². The van der Waals surface area contributed by atoms with Crippen LogP contribution in [0.15, 0.2) is 53.4 Å². The first-order valence-corrected chi connectivity index (χ1v) is 9.37. The van der Waals surface area contributed by atoms with E-state index in [2.05, 4.69) is 31.4 Å². The third-order valence-corrected chi connectivity index (χ3v) is 4.64. The molecule has 0 spiro atoms. The zero-order valence-corrected chi connectivity index (χ0v) is 15.4. The number of urea groups is 1. The van der Waals surface area contributed by atoms with Crippen LogP contribution in [0.3, 0.4) is 0 Å². The summed E-state index contributed by atoms with van der Waals surface area (Å²) in [4.78, 5) is 12.0. The number of amides is 2. The number of benzene rings is 2. The zero-order chi connectivity index (χ0) is 18.7. The van der Waals surface area contributed by atoms with E-state index in [1.807, 2.05) is 24.3 Å². The summed E-state index contributed by atoms with van der Waals surface area (Å²) in [6.07, 6.45) is 0. The number of primary sulfonamides is 1. The molecule has 2 amide bonds. The molecule has 7 heteroatoms. The predicted molar refractivity (Wildman–Crippen MR) is 98.8 cm³/mol. The topological polar surface area (TPSA) is 101 Å². The molecule has 2 rings (SSSR count). The van der Waals surface area contributed by atoms with E-state index in [-0.39, 0.29) is 22.9 Å². The van der Waals surface area contributed by atoms with Crippen LogP contribution in [-0.4, -0.2) is 14.4 Å². The summed E-state index contributed by atoms with van der Waals surface area (Å²) in [7, 11) is -3.71. The van der Waals surface area contributed by atoms with Crippen LogP contribution in [0.5, 0.6) is 0 Å². The molecule has 4 N–H and O–H groups in total. The smallest absolute Gasteiger partial charge is 0.319 e. The number of nitrogens with one attached hydrogen (secondary N) is 2. The van der Waals surface area contributed by atoms with E-state index in [0.717, 1.165) is 5.56 Å². The first-order valence-electron chi connectivity index (χ1n) is 7.83. The highest BCUT2D eigenvalue weighted by molar-refractivity contribution is 7.89. The second kappa shape index (κ2) is 7.25. The highest BCUT2D eigenvalue weighted by Crippen LogP contribution is 2.23. The number of rotatable bonds is 4. The van der Waals surface area contributed by atoms with Gasteiger partial charge in [0.05, 0.1) is 4.90 Å².